The average Bonchev–Trinajstić information content (AvgIpc) is 3.33. The zero-order chi connectivity index (χ0) is 26.4. The fourth-order valence-electron chi connectivity index (χ4n) is 5.81. The maximum absolute atomic E-state index is 13.7. The molecule has 2 aliphatic rings. The molecule has 0 radical (unpaired) electrons. The van der Waals surface area contributed by atoms with Gasteiger partial charge < -0.3 is 15.5 Å². The van der Waals surface area contributed by atoms with E-state index in [0.29, 0.717) is 44.2 Å². The van der Waals surface area contributed by atoms with Gasteiger partial charge in [0.15, 0.2) is 0 Å². The molecule has 196 valence electrons. The first-order valence-corrected chi connectivity index (χ1v) is 13.0. The van der Waals surface area contributed by atoms with Crippen molar-refractivity contribution in [3.8, 4) is 0 Å². The van der Waals surface area contributed by atoms with Crippen molar-refractivity contribution in [2.45, 2.75) is 63.8 Å². The highest BCUT2D eigenvalue weighted by Crippen LogP contribution is 2.44. The van der Waals surface area contributed by atoms with Crippen molar-refractivity contribution in [1.29, 1.82) is 0 Å². The van der Waals surface area contributed by atoms with Gasteiger partial charge in [-0.05, 0) is 62.1 Å². The molecule has 3 N–H and O–H groups in total. The topological polar surface area (TPSA) is 124 Å². The predicted molar refractivity (Wildman–Crippen MR) is 138 cm³/mol. The van der Waals surface area contributed by atoms with Gasteiger partial charge in [-0.3, -0.25) is 24.1 Å². The molecule has 0 spiro atoms. The summed E-state index contributed by atoms with van der Waals surface area (Å²) in [6.45, 7) is -0.492. The molecule has 1 fully saturated rings. The second kappa shape index (κ2) is 11.6. The lowest BCUT2D eigenvalue weighted by molar-refractivity contribution is -0.145. The number of anilines is 1. The molecule has 4 rings (SSSR count). The third kappa shape index (κ3) is 6.18. The van der Waals surface area contributed by atoms with Crippen molar-refractivity contribution in [1.82, 2.24) is 5.32 Å². The van der Waals surface area contributed by atoms with Crippen molar-refractivity contribution < 1.29 is 29.4 Å². The Morgan fingerprint density at radius 2 is 1.68 bits per heavy atom. The largest absolute Gasteiger partial charge is 0.481 e. The molecule has 0 aromatic heterocycles. The van der Waals surface area contributed by atoms with Gasteiger partial charge >= 0.3 is 11.9 Å². The van der Waals surface area contributed by atoms with E-state index in [-0.39, 0.29) is 12.3 Å². The second-order valence-electron chi connectivity index (χ2n) is 10.3. The highest BCUT2D eigenvalue weighted by atomic mass is 16.4. The molecule has 2 aromatic carbocycles. The quantitative estimate of drug-likeness (QED) is 0.450. The van der Waals surface area contributed by atoms with Gasteiger partial charge in [-0.15, -0.1) is 0 Å². The van der Waals surface area contributed by atoms with Crippen LogP contribution in [0.4, 0.5) is 5.69 Å². The number of aryl methyl sites for hydroxylation is 2. The first-order valence-electron chi connectivity index (χ1n) is 13.0. The number of amides is 2. The summed E-state index contributed by atoms with van der Waals surface area (Å²) < 4.78 is 0. The molecule has 2 amide bonds. The number of nitrogens with zero attached hydrogens (tertiary/aromatic N) is 1. The molecular formula is C29H34N2O6. The number of hydrogen-bond donors (Lipinski definition) is 3. The molecule has 2 atom stereocenters. The van der Waals surface area contributed by atoms with Crippen LogP contribution < -0.4 is 10.2 Å². The van der Waals surface area contributed by atoms with Crippen LogP contribution in [0.15, 0.2) is 54.6 Å². The Bertz CT molecular complexity index is 1140. The molecule has 1 aliphatic carbocycles. The van der Waals surface area contributed by atoms with Gasteiger partial charge in [-0.2, -0.15) is 0 Å². The van der Waals surface area contributed by atoms with Crippen LogP contribution in [0.3, 0.4) is 0 Å². The molecule has 1 heterocycles. The number of fused-ring (bicyclic) bond motifs is 1. The summed E-state index contributed by atoms with van der Waals surface area (Å²) in [5.41, 5.74) is 1.61. The Kier molecular flexibility index (Phi) is 8.26. The normalized spacial score (nSPS) is 19.5. The molecule has 2 aromatic rings. The van der Waals surface area contributed by atoms with E-state index in [0.717, 1.165) is 24.0 Å². The van der Waals surface area contributed by atoms with E-state index >= 15 is 0 Å². The van der Waals surface area contributed by atoms with E-state index in [1.54, 1.807) is 12.1 Å². The van der Waals surface area contributed by atoms with E-state index in [1.807, 2.05) is 42.5 Å². The number of benzene rings is 2. The lowest BCUT2D eigenvalue weighted by Crippen LogP contribution is -2.53. The van der Waals surface area contributed by atoms with Crippen LogP contribution in [-0.4, -0.2) is 46.6 Å². The van der Waals surface area contributed by atoms with Gasteiger partial charge in [0.2, 0.25) is 11.8 Å². The Labute approximate surface area is 216 Å². The Hall–Kier alpha value is -3.68. The van der Waals surface area contributed by atoms with Gasteiger partial charge in [-0.1, -0.05) is 61.4 Å². The number of rotatable bonds is 10. The third-order valence-corrected chi connectivity index (χ3v) is 7.80. The number of aliphatic carboxylic acids is 2. The molecule has 0 bridgehead atoms. The van der Waals surface area contributed by atoms with E-state index < -0.39 is 41.8 Å². The first-order chi connectivity index (χ1) is 17.8. The van der Waals surface area contributed by atoms with E-state index in [2.05, 4.69) is 5.32 Å². The molecule has 1 saturated carbocycles. The fraction of sp³-hybridized carbons (Fsp3) is 0.448. The van der Waals surface area contributed by atoms with Crippen LogP contribution >= 0.6 is 0 Å². The van der Waals surface area contributed by atoms with Crippen LogP contribution in [-0.2, 0) is 32.0 Å². The summed E-state index contributed by atoms with van der Waals surface area (Å²) in [4.78, 5) is 52.1. The predicted octanol–water partition coefficient (Wildman–Crippen LogP) is 3.82. The Morgan fingerprint density at radius 3 is 2.35 bits per heavy atom. The van der Waals surface area contributed by atoms with Gasteiger partial charge in [0.25, 0.3) is 0 Å². The fourth-order valence-corrected chi connectivity index (χ4v) is 5.81. The van der Waals surface area contributed by atoms with E-state index in [4.69, 9.17) is 0 Å². The SMILES string of the molecule is O=C(O)CN1C(=O)[C@@H](NC(=O)C2(CC(CCc3ccccc3)C(=O)O)CCCC2)CCc2ccccc21. The minimum Gasteiger partial charge on any atom is -0.481 e. The lowest BCUT2D eigenvalue weighted by Gasteiger charge is -2.33. The second-order valence-corrected chi connectivity index (χ2v) is 10.3. The van der Waals surface area contributed by atoms with Crippen molar-refractivity contribution in [2.75, 3.05) is 11.4 Å². The summed E-state index contributed by atoms with van der Waals surface area (Å²) in [5, 5.41) is 22.3. The summed E-state index contributed by atoms with van der Waals surface area (Å²) in [6, 6.07) is 16.0. The van der Waals surface area contributed by atoms with Gasteiger partial charge in [0.05, 0.1) is 11.3 Å². The minimum absolute atomic E-state index is 0.223. The molecule has 37 heavy (non-hydrogen) atoms. The third-order valence-electron chi connectivity index (χ3n) is 7.80. The number of nitrogens with one attached hydrogen (secondary N) is 1. The zero-order valence-corrected chi connectivity index (χ0v) is 20.9. The number of carbonyl (C=O) groups excluding carboxylic acids is 2. The monoisotopic (exact) mass is 506 g/mol. The van der Waals surface area contributed by atoms with Crippen molar-refractivity contribution in [3.05, 3.63) is 65.7 Å². The van der Waals surface area contributed by atoms with Gasteiger partial charge in [-0.25, -0.2) is 0 Å². The smallest absolute Gasteiger partial charge is 0.323 e. The maximum Gasteiger partial charge on any atom is 0.323 e. The zero-order valence-electron chi connectivity index (χ0n) is 20.9. The number of carboxylic acid groups (broad SMARTS) is 2. The van der Waals surface area contributed by atoms with Gasteiger partial charge in [0, 0.05) is 5.69 Å². The average molecular weight is 507 g/mol. The van der Waals surface area contributed by atoms with Crippen LogP contribution in [0, 0.1) is 11.3 Å². The number of carbonyl (C=O) groups is 4. The molecule has 1 unspecified atom stereocenters. The lowest BCUT2D eigenvalue weighted by atomic mass is 9.75. The van der Waals surface area contributed by atoms with Crippen LogP contribution in [0.25, 0.3) is 0 Å². The van der Waals surface area contributed by atoms with Crippen LogP contribution in [0.5, 0.6) is 0 Å². The van der Waals surface area contributed by atoms with Gasteiger partial charge in [0.1, 0.15) is 12.6 Å². The summed E-state index contributed by atoms with van der Waals surface area (Å²) in [7, 11) is 0. The molecule has 8 heteroatoms. The number of hydrogen-bond acceptors (Lipinski definition) is 4. The van der Waals surface area contributed by atoms with Crippen molar-refractivity contribution >= 4 is 29.4 Å². The van der Waals surface area contributed by atoms with Crippen molar-refractivity contribution in [2.24, 2.45) is 11.3 Å². The van der Waals surface area contributed by atoms with E-state index in [1.165, 1.54) is 4.90 Å². The standard InChI is InChI=1S/C29H34N2O6/c32-25(33)19-31-24-11-5-4-10-21(24)14-15-23(26(31)34)30-28(37)29(16-6-7-17-29)18-22(27(35)36)13-12-20-8-2-1-3-9-20/h1-5,8-11,22-23H,6-7,12-19H2,(H,30,37)(H,32,33)(H,35,36)/t22?,23-/m0/s1. The Morgan fingerprint density at radius 1 is 1.00 bits per heavy atom. The number of para-hydroxylation sites is 1. The summed E-state index contributed by atoms with van der Waals surface area (Å²) >= 11 is 0. The minimum atomic E-state index is -1.13. The van der Waals surface area contributed by atoms with E-state index in [9.17, 15) is 29.4 Å². The summed E-state index contributed by atoms with van der Waals surface area (Å²) in [5.74, 6) is -3.47. The van der Waals surface area contributed by atoms with Crippen LogP contribution in [0.2, 0.25) is 0 Å². The van der Waals surface area contributed by atoms with Crippen molar-refractivity contribution in [3.63, 3.8) is 0 Å². The first kappa shape index (κ1) is 26.4. The maximum atomic E-state index is 13.7. The molecular weight excluding hydrogens is 472 g/mol. The molecule has 0 saturated heterocycles. The Balaban J connectivity index is 1.51. The highest BCUT2D eigenvalue weighted by molar-refractivity contribution is 6.03. The summed E-state index contributed by atoms with van der Waals surface area (Å²) in [6.07, 6.45) is 4.94. The highest BCUT2D eigenvalue weighted by Gasteiger charge is 2.45. The molecule has 1 aliphatic heterocycles. The van der Waals surface area contributed by atoms with Crippen LogP contribution in [0.1, 0.15) is 56.1 Å². The molecule has 8 nitrogen and oxygen atoms in total. The number of carboxylic acids is 2.